The van der Waals surface area contributed by atoms with Crippen LogP contribution >= 0.6 is 0 Å². The van der Waals surface area contributed by atoms with E-state index in [0.717, 1.165) is 54.8 Å². The fraction of sp³-hybridized carbons (Fsp3) is 0.632. The van der Waals surface area contributed by atoms with Gasteiger partial charge in [0.1, 0.15) is 0 Å². The standard InChI is InChI=1S/C19H26N4O/c24-19-21-17-3-1-2-4-18(17)23(19)15-5-7-22(8-6-15)16-9-13-11-20-12-14(13)10-16/h1-4,13-16,20H,5-12H2,(H,21,24). The highest BCUT2D eigenvalue weighted by Gasteiger charge is 2.40. The second-order valence-corrected chi connectivity index (χ2v) is 7.89. The number of piperidine rings is 1. The lowest BCUT2D eigenvalue weighted by Crippen LogP contribution is -2.42. The first kappa shape index (κ1) is 14.7. The number of imidazole rings is 1. The first-order chi connectivity index (χ1) is 11.8. The van der Waals surface area contributed by atoms with Gasteiger partial charge in [-0.15, -0.1) is 0 Å². The summed E-state index contributed by atoms with van der Waals surface area (Å²) < 4.78 is 2.00. The molecular weight excluding hydrogens is 300 g/mol. The molecule has 3 heterocycles. The molecule has 128 valence electrons. The summed E-state index contributed by atoms with van der Waals surface area (Å²) in [6.45, 7) is 4.72. The third-order valence-corrected chi connectivity index (χ3v) is 6.63. The number of aromatic amines is 1. The van der Waals surface area contributed by atoms with Crippen LogP contribution in [0.3, 0.4) is 0 Å². The molecule has 5 rings (SSSR count). The molecule has 5 nitrogen and oxygen atoms in total. The number of nitrogens with one attached hydrogen (secondary N) is 2. The number of benzene rings is 1. The van der Waals surface area contributed by atoms with Crippen LogP contribution in [0.5, 0.6) is 0 Å². The topological polar surface area (TPSA) is 53.1 Å². The predicted molar refractivity (Wildman–Crippen MR) is 95.3 cm³/mol. The van der Waals surface area contributed by atoms with E-state index in [-0.39, 0.29) is 5.69 Å². The number of aromatic nitrogens is 2. The second-order valence-electron chi connectivity index (χ2n) is 7.89. The van der Waals surface area contributed by atoms with Gasteiger partial charge >= 0.3 is 5.69 Å². The number of rotatable bonds is 2. The van der Waals surface area contributed by atoms with E-state index in [0.29, 0.717) is 6.04 Å². The number of nitrogens with zero attached hydrogens (tertiary/aromatic N) is 2. The lowest BCUT2D eigenvalue weighted by molar-refractivity contribution is 0.132. The monoisotopic (exact) mass is 326 g/mol. The van der Waals surface area contributed by atoms with Crippen molar-refractivity contribution in [2.24, 2.45) is 11.8 Å². The number of fused-ring (bicyclic) bond motifs is 2. The highest BCUT2D eigenvalue weighted by Crippen LogP contribution is 2.38. The SMILES string of the molecule is O=c1[nH]c2ccccc2n1C1CCN(C2CC3CNCC3C2)CC1. The molecule has 2 aromatic rings. The van der Waals surface area contributed by atoms with Gasteiger partial charge in [0.2, 0.25) is 0 Å². The van der Waals surface area contributed by atoms with E-state index in [4.69, 9.17) is 0 Å². The molecule has 1 aromatic carbocycles. The Kier molecular flexibility index (Phi) is 3.52. The molecule has 0 bridgehead atoms. The first-order valence-corrected chi connectivity index (χ1v) is 9.43. The number of para-hydroxylation sites is 2. The van der Waals surface area contributed by atoms with Gasteiger partial charge in [0, 0.05) is 25.2 Å². The molecule has 2 saturated heterocycles. The van der Waals surface area contributed by atoms with Crippen molar-refractivity contribution in [3.05, 3.63) is 34.7 Å². The lowest BCUT2D eigenvalue weighted by Gasteiger charge is -2.36. The van der Waals surface area contributed by atoms with E-state index in [1.807, 2.05) is 22.8 Å². The van der Waals surface area contributed by atoms with Gasteiger partial charge in [0.05, 0.1) is 11.0 Å². The largest absolute Gasteiger partial charge is 0.326 e. The van der Waals surface area contributed by atoms with Crippen LogP contribution in [0.2, 0.25) is 0 Å². The maximum Gasteiger partial charge on any atom is 0.326 e. The Morgan fingerprint density at radius 1 is 0.958 bits per heavy atom. The number of likely N-dealkylation sites (tertiary alicyclic amines) is 1. The minimum absolute atomic E-state index is 0.0520. The summed E-state index contributed by atoms with van der Waals surface area (Å²) in [6.07, 6.45) is 4.92. The molecule has 3 aliphatic rings. The van der Waals surface area contributed by atoms with Crippen LogP contribution in [0, 0.1) is 11.8 Å². The second kappa shape index (κ2) is 5.74. The van der Waals surface area contributed by atoms with E-state index in [1.165, 1.54) is 25.9 Å². The summed E-state index contributed by atoms with van der Waals surface area (Å²) >= 11 is 0. The van der Waals surface area contributed by atoms with E-state index >= 15 is 0 Å². The van der Waals surface area contributed by atoms with Crippen LogP contribution in [-0.2, 0) is 0 Å². The molecule has 0 spiro atoms. The van der Waals surface area contributed by atoms with Crippen molar-refractivity contribution in [2.75, 3.05) is 26.2 Å². The molecule has 1 saturated carbocycles. The predicted octanol–water partition coefficient (Wildman–Crippen LogP) is 1.96. The van der Waals surface area contributed by atoms with Gasteiger partial charge in [-0.25, -0.2) is 4.79 Å². The minimum atomic E-state index is 0.0520. The third-order valence-electron chi connectivity index (χ3n) is 6.63. The molecule has 1 aromatic heterocycles. The Balaban J connectivity index is 1.30. The van der Waals surface area contributed by atoms with Gasteiger partial charge in [-0.05, 0) is 62.7 Å². The zero-order chi connectivity index (χ0) is 16.1. The molecule has 3 fully saturated rings. The van der Waals surface area contributed by atoms with Crippen molar-refractivity contribution in [3.63, 3.8) is 0 Å². The maximum absolute atomic E-state index is 12.4. The van der Waals surface area contributed by atoms with Gasteiger partial charge in [-0.3, -0.25) is 4.57 Å². The van der Waals surface area contributed by atoms with Crippen LogP contribution in [0.25, 0.3) is 11.0 Å². The smallest absolute Gasteiger partial charge is 0.316 e. The average molecular weight is 326 g/mol. The summed E-state index contributed by atoms with van der Waals surface area (Å²) in [4.78, 5) is 18.1. The molecule has 5 heteroatoms. The van der Waals surface area contributed by atoms with E-state index in [1.54, 1.807) is 0 Å². The van der Waals surface area contributed by atoms with Gasteiger partial charge in [0.25, 0.3) is 0 Å². The van der Waals surface area contributed by atoms with Crippen LogP contribution in [0.4, 0.5) is 0 Å². The number of hydrogen-bond acceptors (Lipinski definition) is 3. The number of hydrogen-bond donors (Lipinski definition) is 2. The molecular formula is C19H26N4O. The summed E-state index contributed by atoms with van der Waals surface area (Å²) in [5.74, 6) is 1.81. The molecule has 0 radical (unpaired) electrons. The fourth-order valence-electron chi connectivity index (χ4n) is 5.38. The van der Waals surface area contributed by atoms with Gasteiger partial charge in [-0.2, -0.15) is 0 Å². The van der Waals surface area contributed by atoms with Gasteiger partial charge in [0.15, 0.2) is 0 Å². The zero-order valence-electron chi connectivity index (χ0n) is 14.1. The summed E-state index contributed by atoms with van der Waals surface area (Å²) in [5, 5.41) is 3.54. The van der Waals surface area contributed by atoms with Crippen molar-refractivity contribution < 1.29 is 0 Å². The van der Waals surface area contributed by atoms with Crippen molar-refractivity contribution in [1.82, 2.24) is 19.8 Å². The first-order valence-electron chi connectivity index (χ1n) is 9.43. The Morgan fingerprint density at radius 2 is 1.67 bits per heavy atom. The van der Waals surface area contributed by atoms with Crippen molar-refractivity contribution in [1.29, 1.82) is 0 Å². The van der Waals surface area contributed by atoms with E-state index in [2.05, 4.69) is 21.3 Å². The van der Waals surface area contributed by atoms with Gasteiger partial charge < -0.3 is 15.2 Å². The molecule has 2 atom stereocenters. The molecule has 24 heavy (non-hydrogen) atoms. The summed E-state index contributed by atoms with van der Waals surface area (Å²) in [5.41, 5.74) is 2.07. The molecule has 2 N–H and O–H groups in total. The van der Waals surface area contributed by atoms with Crippen LogP contribution in [0.1, 0.15) is 31.7 Å². The number of H-pyrrole nitrogens is 1. The Morgan fingerprint density at radius 3 is 2.42 bits per heavy atom. The Bertz CT molecular complexity index is 774. The molecule has 2 unspecified atom stereocenters. The zero-order valence-corrected chi connectivity index (χ0v) is 14.1. The summed E-state index contributed by atoms with van der Waals surface area (Å²) in [7, 11) is 0. The fourth-order valence-corrected chi connectivity index (χ4v) is 5.38. The highest BCUT2D eigenvalue weighted by molar-refractivity contribution is 5.75. The van der Waals surface area contributed by atoms with Crippen molar-refractivity contribution in [2.45, 2.75) is 37.8 Å². The Labute approximate surface area is 142 Å². The summed E-state index contributed by atoms with van der Waals surface area (Å²) in [6, 6.07) is 9.18. The normalized spacial score (nSPS) is 31.8. The minimum Gasteiger partial charge on any atom is -0.316 e. The van der Waals surface area contributed by atoms with Crippen LogP contribution in [0.15, 0.2) is 29.1 Å². The van der Waals surface area contributed by atoms with Gasteiger partial charge in [-0.1, -0.05) is 12.1 Å². The quantitative estimate of drug-likeness (QED) is 0.887. The molecule has 0 amide bonds. The van der Waals surface area contributed by atoms with E-state index in [9.17, 15) is 4.79 Å². The average Bonchev–Trinajstić information content (AvgIpc) is 3.26. The van der Waals surface area contributed by atoms with Crippen molar-refractivity contribution >= 4 is 11.0 Å². The van der Waals surface area contributed by atoms with E-state index < -0.39 is 0 Å². The molecule has 1 aliphatic carbocycles. The molecule has 2 aliphatic heterocycles. The third kappa shape index (κ3) is 2.33. The Hall–Kier alpha value is -1.59. The lowest BCUT2D eigenvalue weighted by atomic mass is 10.0. The van der Waals surface area contributed by atoms with Crippen molar-refractivity contribution in [3.8, 4) is 0 Å². The van der Waals surface area contributed by atoms with Crippen LogP contribution in [-0.4, -0.2) is 46.7 Å². The maximum atomic E-state index is 12.4. The highest BCUT2D eigenvalue weighted by atomic mass is 16.1. The van der Waals surface area contributed by atoms with Crippen LogP contribution < -0.4 is 11.0 Å².